The minimum Gasteiger partial charge on any atom is -0.481 e. The molecule has 0 aliphatic heterocycles. The van der Waals surface area contributed by atoms with Gasteiger partial charge in [0.25, 0.3) is 5.56 Å². The molecule has 156 valence electrons. The molecule has 2 aromatic carbocycles. The fourth-order valence-electron chi connectivity index (χ4n) is 2.65. The molecular formula is C19H11F5N2O4. The number of rotatable bonds is 3. The summed E-state index contributed by atoms with van der Waals surface area (Å²) >= 11 is 0. The fourth-order valence-corrected chi connectivity index (χ4v) is 2.65. The van der Waals surface area contributed by atoms with Gasteiger partial charge in [0.05, 0.1) is 7.11 Å². The molecule has 3 rings (SSSR count). The van der Waals surface area contributed by atoms with E-state index in [1.165, 1.54) is 26.3 Å². The number of H-pyrrole nitrogens is 1. The normalized spacial score (nSPS) is 11.6. The van der Waals surface area contributed by atoms with Crippen molar-refractivity contribution < 1.29 is 36.2 Å². The molecule has 0 atom stereocenters. The van der Waals surface area contributed by atoms with Crippen molar-refractivity contribution >= 4 is 22.8 Å². The standard InChI is InChI=1S/C19H11F5N2O4/c1-25-18(29-2)8-4-3-7-5-9(17(27)26-10(7)6-8)19(28)30-16-14(23)12(21)11(20)13(22)15(16)24/h3-6H,1-2H3,(H,26,27). The van der Waals surface area contributed by atoms with Crippen LogP contribution in [0, 0.1) is 29.1 Å². The number of aromatic amines is 1. The van der Waals surface area contributed by atoms with Crippen LogP contribution in [0.25, 0.3) is 10.9 Å². The Balaban J connectivity index is 2.04. The maximum Gasteiger partial charge on any atom is 0.349 e. The largest absolute Gasteiger partial charge is 0.481 e. The number of nitrogens with one attached hydrogen (secondary N) is 1. The van der Waals surface area contributed by atoms with Crippen LogP contribution in [-0.2, 0) is 4.74 Å². The Morgan fingerprint density at radius 1 is 0.967 bits per heavy atom. The molecule has 11 heteroatoms. The lowest BCUT2D eigenvalue weighted by atomic mass is 10.1. The van der Waals surface area contributed by atoms with Gasteiger partial charge in [-0.25, -0.2) is 18.0 Å². The number of aliphatic imine (C=N–C) groups is 1. The van der Waals surface area contributed by atoms with E-state index in [0.717, 1.165) is 6.07 Å². The van der Waals surface area contributed by atoms with Gasteiger partial charge in [-0.05, 0) is 23.6 Å². The Labute approximate surface area is 164 Å². The van der Waals surface area contributed by atoms with E-state index in [1.54, 1.807) is 6.07 Å². The zero-order chi connectivity index (χ0) is 22.2. The molecule has 0 saturated carbocycles. The van der Waals surface area contributed by atoms with E-state index < -0.39 is 51.9 Å². The molecule has 0 radical (unpaired) electrons. The van der Waals surface area contributed by atoms with Gasteiger partial charge in [-0.2, -0.15) is 8.78 Å². The highest BCUT2D eigenvalue weighted by atomic mass is 19.2. The highest BCUT2D eigenvalue weighted by Gasteiger charge is 2.29. The van der Waals surface area contributed by atoms with Gasteiger partial charge >= 0.3 is 5.97 Å². The van der Waals surface area contributed by atoms with Crippen LogP contribution < -0.4 is 10.3 Å². The number of benzene rings is 2. The van der Waals surface area contributed by atoms with Crippen molar-refractivity contribution in [2.75, 3.05) is 14.2 Å². The zero-order valence-electron chi connectivity index (χ0n) is 15.3. The highest BCUT2D eigenvalue weighted by molar-refractivity contribution is 5.99. The molecule has 0 unspecified atom stereocenters. The summed E-state index contributed by atoms with van der Waals surface area (Å²) in [5, 5.41) is 0.314. The van der Waals surface area contributed by atoms with Crippen LogP contribution in [0.5, 0.6) is 5.75 Å². The lowest BCUT2D eigenvalue weighted by molar-refractivity contribution is 0.0714. The maximum atomic E-state index is 13.7. The Morgan fingerprint density at radius 3 is 2.13 bits per heavy atom. The van der Waals surface area contributed by atoms with Crippen molar-refractivity contribution in [1.29, 1.82) is 0 Å². The zero-order valence-corrected chi connectivity index (χ0v) is 15.3. The second-order valence-corrected chi connectivity index (χ2v) is 5.84. The lowest BCUT2D eigenvalue weighted by Crippen LogP contribution is -2.23. The number of hydrogen-bond donors (Lipinski definition) is 1. The van der Waals surface area contributed by atoms with Crippen LogP contribution in [0.15, 0.2) is 34.1 Å². The number of pyridine rings is 1. The van der Waals surface area contributed by atoms with E-state index in [-0.39, 0.29) is 11.4 Å². The molecule has 0 bridgehead atoms. The molecule has 6 nitrogen and oxygen atoms in total. The third-order valence-corrected chi connectivity index (χ3v) is 4.07. The summed E-state index contributed by atoms with van der Waals surface area (Å²) in [7, 11) is 2.89. The van der Waals surface area contributed by atoms with Crippen LogP contribution >= 0.6 is 0 Å². The number of fused-ring (bicyclic) bond motifs is 1. The number of halogens is 5. The molecule has 3 aromatic rings. The van der Waals surface area contributed by atoms with Gasteiger partial charge in [-0.3, -0.25) is 9.79 Å². The summed E-state index contributed by atoms with van der Waals surface area (Å²) in [5.41, 5.74) is -0.945. The summed E-state index contributed by atoms with van der Waals surface area (Å²) in [6.07, 6.45) is 0. The number of nitrogens with zero attached hydrogens (tertiary/aromatic N) is 1. The Kier molecular flexibility index (Phi) is 5.54. The Bertz CT molecular complexity index is 1240. The molecule has 1 aromatic heterocycles. The molecule has 0 aliphatic carbocycles. The first kappa shape index (κ1) is 21.0. The minimum absolute atomic E-state index is 0.267. The van der Waals surface area contributed by atoms with Gasteiger partial charge in [0.1, 0.15) is 5.56 Å². The Hall–Kier alpha value is -3.76. The van der Waals surface area contributed by atoms with Crippen LogP contribution in [0.2, 0.25) is 0 Å². The van der Waals surface area contributed by atoms with Crippen molar-refractivity contribution in [3.63, 3.8) is 0 Å². The number of ether oxygens (including phenoxy) is 2. The first-order chi connectivity index (χ1) is 14.2. The van der Waals surface area contributed by atoms with Crippen molar-refractivity contribution in [2.45, 2.75) is 0 Å². The minimum atomic E-state index is -2.41. The monoisotopic (exact) mass is 426 g/mol. The predicted octanol–water partition coefficient (Wildman–Crippen LogP) is 3.47. The predicted molar refractivity (Wildman–Crippen MR) is 95.2 cm³/mol. The van der Waals surface area contributed by atoms with Gasteiger partial charge in [-0.1, -0.05) is 6.07 Å². The SMILES string of the molecule is CN=C(OC)c1ccc2cc(C(=O)Oc3c(F)c(F)c(F)c(F)c3F)c(=O)[nH]c2c1. The van der Waals surface area contributed by atoms with Gasteiger partial charge in [0, 0.05) is 18.1 Å². The second kappa shape index (κ2) is 7.93. The summed E-state index contributed by atoms with van der Waals surface area (Å²) in [5.74, 6) is -14.8. The summed E-state index contributed by atoms with van der Waals surface area (Å²) in [6.45, 7) is 0. The van der Waals surface area contributed by atoms with Crippen molar-refractivity contribution in [3.05, 3.63) is 74.8 Å². The van der Waals surface area contributed by atoms with Crippen LogP contribution in [0.3, 0.4) is 0 Å². The van der Waals surface area contributed by atoms with E-state index in [2.05, 4.69) is 14.7 Å². The number of carbonyl (C=O) groups excluding carboxylic acids is 1. The van der Waals surface area contributed by atoms with E-state index in [0.29, 0.717) is 10.9 Å². The Morgan fingerprint density at radius 2 is 1.57 bits per heavy atom. The van der Waals surface area contributed by atoms with Crippen LogP contribution in [0.4, 0.5) is 22.0 Å². The maximum absolute atomic E-state index is 13.7. The number of carbonyl (C=O) groups is 1. The molecule has 1 N–H and O–H groups in total. The lowest BCUT2D eigenvalue weighted by Gasteiger charge is -2.09. The molecule has 1 heterocycles. The van der Waals surface area contributed by atoms with Gasteiger partial charge < -0.3 is 14.5 Å². The molecule has 0 aliphatic rings. The first-order valence-electron chi connectivity index (χ1n) is 8.11. The van der Waals surface area contributed by atoms with Crippen LogP contribution in [-0.4, -0.2) is 31.0 Å². The van der Waals surface area contributed by atoms with E-state index in [9.17, 15) is 31.5 Å². The van der Waals surface area contributed by atoms with Crippen LogP contribution in [0.1, 0.15) is 15.9 Å². The summed E-state index contributed by atoms with van der Waals surface area (Å²) in [4.78, 5) is 30.7. The summed E-state index contributed by atoms with van der Waals surface area (Å²) < 4.78 is 76.4. The van der Waals surface area contributed by atoms with E-state index >= 15 is 0 Å². The number of methoxy groups -OCH3 is 1. The summed E-state index contributed by atoms with van der Waals surface area (Å²) in [6, 6.07) is 5.59. The van der Waals surface area contributed by atoms with Crippen molar-refractivity contribution in [2.24, 2.45) is 4.99 Å². The topological polar surface area (TPSA) is 80.8 Å². The van der Waals surface area contributed by atoms with Gasteiger partial charge in [0.2, 0.25) is 40.7 Å². The molecule has 0 amide bonds. The van der Waals surface area contributed by atoms with Gasteiger partial charge in [-0.15, -0.1) is 0 Å². The van der Waals surface area contributed by atoms with Gasteiger partial charge in [0.15, 0.2) is 0 Å². The molecule has 30 heavy (non-hydrogen) atoms. The second-order valence-electron chi connectivity index (χ2n) is 5.84. The van der Waals surface area contributed by atoms with Crippen molar-refractivity contribution in [1.82, 2.24) is 4.98 Å². The quantitative estimate of drug-likeness (QED) is 0.132. The number of hydrogen-bond acceptors (Lipinski definition) is 5. The molecule has 0 saturated heterocycles. The first-order valence-corrected chi connectivity index (χ1v) is 8.11. The third kappa shape index (κ3) is 3.49. The third-order valence-electron chi connectivity index (χ3n) is 4.07. The molecule has 0 fully saturated rings. The van der Waals surface area contributed by atoms with Crippen molar-refractivity contribution in [3.8, 4) is 5.75 Å². The number of esters is 1. The highest BCUT2D eigenvalue weighted by Crippen LogP contribution is 2.29. The average molecular weight is 426 g/mol. The van der Waals surface area contributed by atoms with E-state index in [4.69, 9.17) is 4.74 Å². The molecule has 0 spiro atoms. The number of aromatic nitrogens is 1. The van der Waals surface area contributed by atoms with E-state index in [1.807, 2.05) is 0 Å². The average Bonchev–Trinajstić information content (AvgIpc) is 2.74. The fraction of sp³-hybridized carbons (Fsp3) is 0.105. The smallest absolute Gasteiger partial charge is 0.349 e. The molecular weight excluding hydrogens is 415 g/mol.